The Morgan fingerprint density at radius 3 is 2.65 bits per heavy atom. The van der Waals surface area contributed by atoms with Gasteiger partial charge in [-0.15, -0.1) is 0 Å². The molecule has 1 atom stereocenters. The van der Waals surface area contributed by atoms with E-state index in [9.17, 15) is 0 Å². The number of hydrogen-bond donors (Lipinski definition) is 1. The Hall–Kier alpha value is -1.85. The topological polar surface area (TPSA) is 62.3 Å². The Labute approximate surface area is 119 Å². The molecule has 5 heteroatoms. The van der Waals surface area contributed by atoms with Gasteiger partial charge >= 0.3 is 0 Å². The monoisotopic (exact) mass is 275 g/mol. The van der Waals surface area contributed by atoms with E-state index >= 15 is 0 Å². The molecular formula is C15H21N3O2. The zero-order valence-corrected chi connectivity index (χ0v) is 12.2. The summed E-state index contributed by atoms with van der Waals surface area (Å²) in [7, 11) is 3.55. The van der Waals surface area contributed by atoms with Gasteiger partial charge in [0, 0.05) is 31.5 Å². The standard InChI is InChI=1S/C15H21N3O2/c1-11-13(10-18(2)17-11)15(16)12-6-4-5-7-14(12)20-9-8-19-3/h4-7,10,15H,8-9,16H2,1-3H3. The van der Waals surface area contributed by atoms with Crippen molar-refractivity contribution < 1.29 is 9.47 Å². The molecule has 20 heavy (non-hydrogen) atoms. The number of nitrogens with two attached hydrogens (primary N) is 1. The first-order valence-electron chi connectivity index (χ1n) is 6.60. The second-order valence-electron chi connectivity index (χ2n) is 4.70. The van der Waals surface area contributed by atoms with Crippen molar-refractivity contribution in [3.63, 3.8) is 0 Å². The molecule has 0 aliphatic heterocycles. The fourth-order valence-electron chi connectivity index (χ4n) is 2.19. The van der Waals surface area contributed by atoms with Gasteiger partial charge in [-0.2, -0.15) is 5.10 Å². The lowest BCUT2D eigenvalue weighted by atomic mass is 9.99. The van der Waals surface area contributed by atoms with E-state index in [1.807, 2.05) is 44.4 Å². The van der Waals surface area contributed by atoms with Gasteiger partial charge in [0.2, 0.25) is 0 Å². The van der Waals surface area contributed by atoms with Crippen molar-refractivity contribution >= 4 is 0 Å². The van der Waals surface area contributed by atoms with Crippen molar-refractivity contribution in [2.24, 2.45) is 12.8 Å². The Balaban J connectivity index is 2.25. The predicted molar refractivity (Wildman–Crippen MR) is 77.8 cm³/mol. The molecule has 108 valence electrons. The number of rotatable bonds is 6. The highest BCUT2D eigenvalue weighted by atomic mass is 16.5. The van der Waals surface area contributed by atoms with Crippen molar-refractivity contribution in [1.29, 1.82) is 0 Å². The maximum Gasteiger partial charge on any atom is 0.124 e. The number of ether oxygens (including phenoxy) is 2. The Morgan fingerprint density at radius 1 is 1.25 bits per heavy atom. The smallest absolute Gasteiger partial charge is 0.124 e. The van der Waals surface area contributed by atoms with E-state index in [-0.39, 0.29) is 6.04 Å². The molecule has 5 nitrogen and oxygen atoms in total. The van der Waals surface area contributed by atoms with E-state index in [2.05, 4.69) is 5.10 Å². The molecule has 0 aliphatic carbocycles. The third-order valence-electron chi connectivity index (χ3n) is 3.19. The summed E-state index contributed by atoms with van der Waals surface area (Å²) in [5.41, 5.74) is 9.28. The zero-order chi connectivity index (χ0) is 14.5. The number of methoxy groups -OCH3 is 1. The van der Waals surface area contributed by atoms with E-state index in [1.165, 1.54) is 0 Å². The molecule has 0 saturated carbocycles. The van der Waals surface area contributed by atoms with Crippen LogP contribution >= 0.6 is 0 Å². The van der Waals surface area contributed by atoms with Gasteiger partial charge in [0.05, 0.1) is 18.3 Å². The van der Waals surface area contributed by atoms with E-state index in [4.69, 9.17) is 15.2 Å². The van der Waals surface area contributed by atoms with Crippen molar-refractivity contribution in [2.75, 3.05) is 20.3 Å². The molecular weight excluding hydrogens is 254 g/mol. The van der Waals surface area contributed by atoms with Crippen LogP contribution in [0.4, 0.5) is 0 Å². The van der Waals surface area contributed by atoms with E-state index < -0.39 is 0 Å². The highest BCUT2D eigenvalue weighted by Crippen LogP contribution is 2.29. The summed E-state index contributed by atoms with van der Waals surface area (Å²) in [5, 5.41) is 4.34. The van der Waals surface area contributed by atoms with Crippen LogP contribution in [0.3, 0.4) is 0 Å². The lowest BCUT2D eigenvalue weighted by Gasteiger charge is -2.16. The first-order chi connectivity index (χ1) is 9.63. The number of aromatic nitrogens is 2. The molecule has 0 amide bonds. The summed E-state index contributed by atoms with van der Waals surface area (Å²) in [6.07, 6.45) is 1.95. The first-order valence-corrected chi connectivity index (χ1v) is 6.60. The number of aryl methyl sites for hydroxylation is 2. The highest BCUT2D eigenvalue weighted by molar-refractivity contribution is 5.41. The minimum atomic E-state index is -0.248. The van der Waals surface area contributed by atoms with Crippen molar-refractivity contribution in [3.8, 4) is 5.75 Å². The van der Waals surface area contributed by atoms with Crippen molar-refractivity contribution in [3.05, 3.63) is 47.3 Å². The van der Waals surface area contributed by atoms with Gasteiger partial charge in [-0.25, -0.2) is 0 Å². The van der Waals surface area contributed by atoms with Gasteiger partial charge in [-0.05, 0) is 13.0 Å². The van der Waals surface area contributed by atoms with Crippen molar-refractivity contribution in [2.45, 2.75) is 13.0 Å². The van der Waals surface area contributed by atoms with Crippen LogP contribution in [-0.2, 0) is 11.8 Å². The zero-order valence-electron chi connectivity index (χ0n) is 12.2. The van der Waals surface area contributed by atoms with Gasteiger partial charge < -0.3 is 15.2 Å². The minimum Gasteiger partial charge on any atom is -0.491 e. The van der Waals surface area contributed by atoms with E-state index in [0.29, 0.717) is 13.2 Å². The quantitative estimate of drug-likeness (QED) is 0.817. The molecule has 2 rings (SSSR count). The summed E-state index contributed by atoms with van der Waals surface area (Å²) < 4.78 is 12.5. The van der Waals surface area contributed by atoms with E-state index in [1.54, 1.807) is 11.8 Å². The van der Waals surface area contributed by atoms with Crippen LogP contribution in [0.1, 0.15) is 22.9 Å². The lowest BCUT2D eigenvalue weighted by molar-refractivity contribution is 0.145. The summed E-state index contributed by atoms with van der Waals surface area (Å²) in [6, 6.07) is 7.57. The SMILES string of the molecule is COCCOc1ccccc1C(N)c1cn(C)nc1C. The molecule has 1 aromatic carbocycles. The highest BCUT2D eigenvalue weighted by Gasteiger charge is 2.17. The molecule has 0 radical (unpaired) electrons. The van der Waals surface area contributed by atoms with Crippen LogP contribution in [0.25, 0.3) is 0 Å². The minimum absolute atomic E-state index is 0.248. The summed E-state index contributed by atoms with van der Waals surface area (Å²) in [4.78, 5) is 0. The van der Waals surface area contributed by atoms with Gasteiger partial charge in [-0.3, -0.25) is 4.68 Å². The molecule has 0 fully saturated rings. The number of nitrogens with zero attached hydrogens (tertiary/aromatic N) is 2. The number of para-hydroxylation sites is 1. The van der Waals surface area contributed by atoms with Crippen LogP contribution in [0.2, 0.25) is 0 Å². The molecule has 0 bridgehead atoms. The second kappa shape index (κ2) is 6.54. The van der Waals surface area contributed by atoms with E-state index in [0.717, 1.165) is 22.6 Å². The van der Waals surface area contributed by atoms with Gasteiger partial charge in [0.25, 0.3) is 0 Å². The fourth-order valence-corrected chi connectivity index (χ4v) is 2.19. The molecule has 1 unspecified atom stereocenters. The largest absolute Gasteiger partial charge is 0.491 e. The van der Waals surface area contributed by atoms with Gasteiger partial charge in [-0.1, -0.05) is 18.2 Å². The summed E-state index contributed by atoms with van der Waals surface area (Å²) >= 11 is 0. The van der Waals surface area contributed by atoms with Gasteiger partial charge in [0.1, 0.15) is 12.4 Å². The molecule has 0 saturated heterocycles. The summed E-state index contributed by atoms with van der Waals surface area (Å²) in [6.45, 7) is 3.02. The molecule has 1 aromatic heterocycles. The molecule has 0 spiro atoms. The average Bonchev–Trinajstić information content (AvgIpc) is 2.78. The lowest BCUT2D eigenvalue weighted by Crippen LogP contribution is -2.15. The molecule has 0 aliphatic rings. The van der Waals surface area contributed by atoms with Crippen LogP contribution in [-0.4, -0.2) is 30.1 Å². The molecule has 2 aromatic rings. The van der Waals surface area contributed by atoms with Crippen LogP contribution in [0.15, 0.2) is 30.5 Å². The van der Waals surface area contributed by atoms with Crippen LogP contribution in [0, 0.1) is 6.92 Å². The Bertz CT molecular complexity index is 566. The van der Waals surface area contributed by atoms with Gasteiger partial charge in [0.15, 0.2) is 0 Å². The number of hydrogen-bond acceptors (Lipinski definition) is 4. The third-order valence-corrected chi connectivity index (χ3v) is 3.19. The summed E-state index contributed by atoms with van der Waals surface area (Å²) in [5.74, 6) is 0.792. The third kappa shape index (κ3) is 3.18. The molecule has 2 N–H and O–H groups in total. The second-order valence-corrected chi connectivity index (χ2v) is 4.70. The van der Waals surface area contributed by atoms with Crippen LogP contribution in [0.5, 0.6) is 5.75 Å². The maximum absolute atomic E-state index is 6.37. The number of benzene rings is 1. The normalized spacial score (nSPS) is 12.4. The Kier molecular flexibility index (Phi) is 4.76. The Morgan fingerprint density at radius 2 is 2.00 bits per heavy atom. The molecule has 1 heterocycles. The maximum atomic E-state index is 6.37. The fraction of sp³-hybridized carbons (Fsp3) is 0.400. The first kappa shape index (κ1) is 14.6. The van der Waals surface area contributed by atoms with Crippen molar-refractivity contribution in [1.82, 2.24) is 9.78 Å². The predicted octanol–water partition coefficient (Wildman–Crippen LogP) is 1.80. The van der Waals surface area contributed by atoms with Crippen LogP contribution < -0.4 is 10.5 Å². The average molecular weight is 275 g/mol.